The minimum atomic E-state index is -0.454. The second-order valence-corrected chi connectivity index (χ2v) is 7.34. The number of ether oxygens (including phenoxy) is 1. The summed E-state index contributed by atoms with van der Waals surface area (Å²) in [6, 6.07) is 21.1. The molecule has 0 heterocycles. The number of amides is 1. The summed E-state index contributed by atoms with van der Waals surface area (Å²) in [7, 11) is 0. The normalized spacial score (nSPS) is 11.4. The zero-order valence-electron chi connectivity index (χ0n) is 16.0. The SMILES string of the molecule is CC(C)(C)OC(=O)NCCCCNC(c1ccccc1)c1ccccc1. The predicted molar refractivity (Wildman–Crippen MR) is 106 cm³/mol. The average Bonchev–Trinajstić information content (AvgIpc) is 2.61. The molecule has 0 unspecified atom stereocenters. The molecule has 4 heteroatoms. The van der Waals surface area contributed by atoms with Crippen molar-refractivity contribution in [1.29, 1.82) is 0 Å². The number of unbranched alkanes of at least 4 members (excludes halogenated alkanes) is 1. The van der Waals surface area contributed by atoms with Gasteiger partial charge in [-0.3, -0.25) is 0 Å². The van der Waals surface area contributed by atoms with Crippen molar-refractivity contribution in [3.8, 4) is 0 Å². The van der Waals surface area contributed by atoms with Gasteiger partial charge < -0.3 is 15.4 Å². The highest BCUT2D eigenvalue weighted by molar-refractivity contribution is 5.67. The van der Waals surface area contributed by atoms with Crippen molar-refractivity contribution >= 4 is 6.09 Å². The molecule has 0 aliphatic carbocycles. The largest absolute Gasteiger partial charge is 0.444 e. The summed E-state index contributed by atoms with van der Waals surface area (Å²) in [6.45, 7) is 7.10. The lowest BCUT2D eigenvalue weighted by molar-refractivity contribution is 0.0527. The Hall–Kier alpha value is -2.33. The first kappa shape index (κ1) is 20.0. The van der Waals surface area contributed by atoms with E-state index in [1.807, 2.05) is 32.9 Å². The molecule has 2 aromatic carbocycles. The molecule has 0 atom stereocenters. The molecule has 0 fully saturated rings. The zero-order chi connectivity index (χ0) is 18.8. The van der Waals surface area contributed by atoms with E-state index >= 15 is 0 Å². The van der Waals surface area contributed by atoms with Crippen LogP contribution in [0.1, 0.15) is 50.8 Å². The second kappa shape index (κ2) is 9.97. The molecule has 0 aromatic heterocycles. The third kappa shape index (κ3) is 7.28. The number of benzene rings is 2. The van der Waals surface area contributed by atoms with Gasteiger partial charge in [0.05, 0.1) is 6.04 Å². The first-order valence-corrected chi connectivity index (χ1v) is 9.26. The molecule has 0 radical (unpaired) electrons. The van der Waals surface area contributed by atoms with Gasteiger partial charge in [0, 0.05) is 6.54 Å². The fourth-order valence-corrected chi connectivity index (χ4v) is 2.72. The van der Waals surface area contributed by atoms with E-state index in [0.29, 0.717) is 6.54 Å². The van der Waals surface area contributed by atoms with Gasteiger partial charge in [0.2, 0.25) is 0 Å². The van der Waals surface area contributed by atoms with Crippen LogP contribution in [0.3, 0.4) is 0 Å². The van der Waals surface area contributed by atoms with Crippen molar-refractivity contribution in [2.45, 2.75) is 45.3 Å². The molecule has 2 aromatic rings. The topological polar surface area (TPSA) is 50.4 Å². The van der Waals surface area contributed by atoms with Gasteiger partial charge in [0.15, 0.2) is 0 Å². The van der Waals surface area contributed by atoms with Gasteiger partial charge in [-0.05, 0) is 51.3 Å². The molecule has 4 nitrogen and oxygen atoms in total. The van der Waals surface area contributed by atoms with E-state index in [0.717, 1.165) is 19.4 Å². The van der Waals surface area contributed by atoms with Crippen LogP contribution >= 0.6 is 0 Å². The van der Waals surface area contributed by atoms with Crippen LogP contribution in [0.15, 0.2) is 60.7 Å². The Morgan fingerprint density at radius 2 is 1.38 bits per heavy atom. The van der Waals surface area contributed by atoms with E-state index in [9.17, 15) is 4.79 Å². The lowest BCUT2D eigenvalue weighted by Crippen LogP contribution is -2.33. The molecule has 0 spiro atoms. The first-order valence-electron chi connectivity index (χ1n) is 9.26. The number of rotatable bonds is 8. The average molecular weight is 354 g/mol. The zero-order valence-corrected chi connectivity index (χ0v) is 16.0. The van der Waals surface area contributed by atoms with E-state index in [1.54, 1.807) is 0 Å². The molecule has 0 saturated carbocycles. The van der Waals surface area contributed by atoms with Crippen LogP contribution in [0.25, 0.3) is 0 Å². The highest BCUT2D eigenvalue weighted by Crippen LogP contribution is 2.21. The lowest BCUT2D eigenvalue weighted by Gasteiger charge is -2.20. The molecule has 2 rings (SSSR count). The van der Waals surface area contributed by atoms with E-state index in [1.165, 1.54) is 11.1 Å². The fourth-order valence-electron chi connectivity index (χ4n) is 2.72. The van der Waals surface area contributed by atoms with Gasteiger partial charge >= 0.3 is 6.09 Å². The van der Waals surface area contributed by atoms with Crippen LogP contribution in [0.4, 0.5) is 4.79 Å². The first-order chi connectivity index (χ1) is 12.5. The maximum atomic E-state index is 11.6. The number of nitrogens with one attached hydrogen (secondary N) is 2. The summed E-state index contributed by atoms with van der Waals surface area (Å²) < 4.78 is 5.23. The van der Waals surface area contributed by atoms with Crippen LogP contribution in [0.5, 0.6) is 0 Å². The Bertz CT molecular complexity index is 611. The van der Waals surface area contributed by atoms with Crippen molar-refractivity contribution < 1.29 is 9.53 Å². The Morgan fingerprint density at radius 1 is 0.885 bits per heavy atom. The van der Waals surface area contributed by atoms with Crippen LogP contribution in [-0.2, 0) is 4.74 Å². The number of hydrogen-bond donors (Lipinski definition) is 2. The standard InChI is InChI=1S/C22H30N2O2/c1-22(2,3)26-21(25)24-17-11-10-16-23-20(18-12-6-4-7-13-18)19-14-8-5-9-15-19/h4-9,12-15,20,23H,10-11,16-17H2,1-3H3,(H,24,25). The van der Waals surface area contributed by atoms with E-state index < -0.39 is 5.60 Å². The maximum absolute atomic E-state index is 11.6. The van der Waals surface area contributed by atoms with Crippen molar-refractivity contribution in [3.05, 3.63) is 71.8 Å². The van der Waals surface area contributed by atoms with Crippen LogP contribution in [0.2, 0.25) is 0 Å². The van der Waals surface area contributed by atoms with Gasteiger partial charge in [-0.1, -0.05) is 60.7 Å². The molecule has 0 saturated heterocycles. The van der Waals surface area contributed by atoms with Crippen LogP contribution in [0, 0.1) is 0 Å². The van der Waals surface area contributed by atoms with Gasteiger partial charge in [-0.15, -0.1) is 0 Å². The van der Waals surface area contributed by atoms with E-state index in [2.05, 4.69) is 59.2 Å². The molecular formula is C22H30N2O2. The highest BCUT2D eigenvalue weighted by atomic mass is 16.6. The van der Waals surface area contributed by atoms with Crippen LogP contribution in [-0.4, -0.2) is 24.8 Å². The van der Waals surface area contributed by atoms with E-state index in [4.69, 9.17) is 4.74 Å². The maximum Gasteiger partial charge on any atom is 0.407 e. The monoisotopic (exact) mass is 354 g/mol. The number of hydrogen-bond acceptors (Lipinski definition) is 3. The third-order valence-corrected chi connectivity index (χ3v) is 3.89. The summed E-state index contributed by atoms with van der Waals surface area (Å²) in [5.41, 5.74) is 2.06. The van der Waals surface area contributed by atoms with Crippen molar-refractivity contribution in [2.75, 3.05) is 13.1 Å². The molecule has 26 heavy (non-hydrogen) atoms. The van der Waals surface area contributed by atoms with Crippen molar-refractivity contribution in [3.63, 3.8) is 0 Å². The summed E-state index contributed by atoms with van der Waals surface area (Å²) in [6.07, 6.45) is 1.53. The Labute approximate surface area is 157 Å². The van der Waals surface area contributed by atoms with Crippen molar-refractivity contribution in [1.82, 2.24) is 10.6 Å². The van der Waals surface area contributed by atoms with E-state index in [-0.39, 0.29) is 12.1 Å². The molecular weight excluding hydrogens is 324 g/mol. The summed E-state index contributed by atoms with van der Waals surface area (Å²) in [5, 5.41) is 6.44. The van der Waals surface area contributed by atoms with Gasteiger partial charge in [0.1, 0.15) is 5.60 Å². The highest BCUT2D eigenvalue weighted by Gasteiger charge is 2.15. The minimum absolute atomic E-state index is 0.177. The Morgan fingerprint density at radius 3 is 1.88 bits per heavy atom. The fraction of sp³-hybridized carbons (Fsp3) is 0.409. The van der Waals surface area contributed by atoms with Gasteiger partial charge in [-0.25, -0.2) is 4.79 Å². The molecule has 0 aliphatic heterocycles. The number of carbonyl (C=O) groups excluding carboxylic acids is 1. The smallest absolute Gasteiger partial charge is 0.407 e. The molecule has 2 N–H and O–H groups in total. The lowest BCUT2D eigenvalue weighted by atomic mass is 9.98. The number of carbonyl (C=O) groups is 1. The Balaban J connectivity index is 1.77. The molecule has 140 valence electrons. The predicted octanol–water partition coefficient (Wildman–Crippen LogP) is 4.67. The molecule has 0 aliphatic rings. The quantitative estimate of drug-likeness (QED) is 0.677. The number of alkyl carbamates (subject to hydrolysis) is 1. The Kier molecular flexibility index (Phi) is 7.67. The molecule has 0 bridgehead atoms. The van der Waals surface area contributed by atoms with Crippen LogP contribution < -0.4 is 10.6 Å². The summed E-state index contributed by atoms with van der Waals surface area (Å²) >= 11 is 0. The molecule has 1 amide bonds. The van der Waals surface area contributed by atoms with Gasteiger partial charge in [0.25, 0.3) is 0 Å². The summed E-state index contributed by atoms with van der Waals surface area (Å²) in [4.78, 5) is 11.6. The third-order valence-electron chi connectivity index (χ3n) is 3.89. The second-order valence-electron chi connectivity index (χ2n) is 7.34. The summed E-state index contributed by atoms with van der Waals surface area (Å²) in [5.74, 6) is 0. The van der Waals surface area contributed by atoms with Crippen molar-refractivity contribution in [2.24, 2.45) is 0 Å². The minimum Gasteiger partial charge on any atom is -0.444 e. The van der Waals surface area contributed by atoms with Gasteiger partial charge in [-0.2, -0.15) is 0 Å².